The molecule has 1 aliphatic carbocycles. The fourth-order valence-electron chi connectivity index (χ4n) is 4.76. The molecule has 170 valence electrons. The van der Waals surface area contributed by atoms with Gasteiger partial charge in [-0.2, -0.15) is 0 Å². The van der Waals surface area contributed by atoms with Crippen LogP contribution in [-0.4, -0.2) is 24.3 Å². The summed E-state index contributed by atoms with van der Waals surface area (Å²) < 4.78 is 51.6. The van der Waals surface area contributed by atoms with E-state index in [2.05, 4.69) is 13.8 Å². The van der Waals surface area contributed by atoms with Gasteiger partial charge in [-0.05, 0) is 68.6 Å². The molecule has 1 aliphatic heterocycles. The minimum Gasteiger partial charge on any atom is -0.343 e. The Balaban J connectivity index is 1.44. The topological polar surface area (TPSA) is 38.7 Å². The number of rotatable bonds is 8. The summed E-state index contributed by atoms with van der Waals surface area (Å²) >= 11 is 0. The maximum absolute atomic E-state index is 13.4. The first-order valence-corrected chi connectivity index (χ1v) is 11.4. The Bertz CT molecular complexity index is 670. The van der Waals surface area contributed by atoms with E-state index in [9.17, 15) is 18.3 Å². The summed E-state index contributed by atoms with van der Waals surface area (Å²) in [5.41, 5.74) is 0.437. The molecule has 0 atom stereocenters. The van der Waals surface area contributed by atoms with E-state index in [0.717, 1.165) is 57.1 Å². The predicted molar refractivity (Wildman–Crippen MR) is 109 cm³/mol. The normalized spacial score (nSPS) is 32.3. The Morgan fingerprint density at radius 3 is 2.17 bits per heavy atom. The third-order valence-corrected chi connectivity index (χ3v) is 6.89. The molecule has 0 amide bonds. The Labute approximate surface area is 178 Å². The van der Waals surface area contributed by atoms with Crippen LogP contribution in [0, 0.1) is 34.7 Å². The van der Waals surface area contributed by atoms with Crippen LogP contribution in [0.25, 0.3) is 0 Å². The van der Waals surface area contributed by atoms with E-state index in [-0.39, 0.29) is 11.3 Å². The predicted octanol–water partition coefficient (Wildman–Crippen LogP) is 6.12. The number of ether oxygens (including phenoxy) is 2. The van der Waals surface area contributed by atoms with Crippen LogP contribution in [0.15, 0.2) is 12.1 Å². The minimum atomic E-state index is -1.50. The van der Waals surface area contributed by atoms with E-state index in [1.54, 1.807) is 0 Å². The van der Waals surface area contributed by atoms with Crippen molar-refractivity contribution in [3.63, 3.8) is 0 Å². The van der Waals surface area contributed by atoms with E-state index in [0.29, 0.717) is 31.1 Å². The van der Waals surface area contributed by atoms with Crippen LogP contribution in [-0.2, 0) is 15.9 Å². The molecule has 0 bridgehead atoms. The second kappa shape index (κ2) is 10.0. The number of halogens is 3. The Morgan fingerprint density at radius 1 is 1.00 bits per heavy atom. The monoisotopic (exact) mass is 428 g/mol. The molecule has 2 fully saturated rings. The molecule has 1 saturated carbocycles. The molecular formula is C24H35F3O3. The van der Waals surface area contributed by atoms with Gasteiger partial charge in [-0.15, -0.1) is 0 Å². The van der Waals surface area contributed by atoms with Crippen molar-refractivity contribution >= 4 is 0 Å². The van der Waals surface area contributed by atoms with E-state index in [4.69, 9.17) is 9.47 Å². The molecule has 30 heavy (non-hydrogen) atoms. The van der Waals surface area contributed by atoms with Crippen LogP contribution < -0.4 is 0 Å². The average Bonchev–Trinajstić information content (AvgIpc) is 2.73. The van der Waals surface area contributed by atoms with Gasteiger partial charge < -0.3 is 14.6 Å². The van der Waals surface area contributed by atoms with E-state index < -0.39 is 23.4 Å². The van der Waals surface area contributed by atoms with Gasteiger partial charge in [0.05, 0.1) is 13.2 Å². The van der Waals surface area contributed by atoms with Gasteiger partial charge >= 0.3 is 0 Å². The van der Waals surface area contributed by atoms with Crippen molar-refractivity contribution in [3.8, 4) is 0 Å². The zero-order valence-electron chi connectivity index (χ0n) is 18.2. The summed E-state index contributed by atoms with van der Waals surface area (Å²) in [4.78, 5) is 0. The van der Waals surface area contributed by atoms with E-state index in [1.165, 1.54) is 12.8 Å². The summed E-state index contributed by atoms with van der Waals surface area (Å²) in [6.07, 6.45) is 9.24. The third-order valence-electron chi connectivity index (χ3n) is 6.89. The molecule has 1 heterocycles. The van der Waals surface area contributed by atoms with Gasteiger partial charge in [0.15, 0.2) is 17.5 Å². The molecular weight excluding hydrogens is 393 g/mol. The van der Waals surface area contributed by atoms with Gasteiger partial charge in [0, 0.05) is 11.3 Å². The first-order valence-electron chi connectivity index (χ1n) is 11.4. The van der Waals surface area contributed by atoms with Crippen molar-refractivity contribution in [3.05, 3.63) is 35.1 Å². The van der Waals surface area contributed by atoms with Crippen LogP contribution in [0.2, 0.25) is 0 Å². The van der Waals surface area contributed by atoms with Crippen molar-refractivity contribution in [2.24, 2.45) is 17.3 Å². The highest BCUT2D eigenvalue weighted by atomic mass is 19.2. The summed E-state index contributed by atoms with van der Waals surface area (Å²) in [5.74, 6) is -4.84. The maximum atomic E-state index is 13.4. The van der Waals surface area contributed by atoms with Crippen molar-refractivity contribution in [1.29, 1.82) is 0 Å². The average molecular weight is 429 g/mol. The molecule has 1 saturated heterocycles. The molecule has 0 spiro atoms. The summed E-state index contributed by atoms with van der Waals surface area (Å²) in [6, 6.07) is 2.15. The quantitative estimate of drug-likeness (QED) is 0.400. The van der Waals surface area contributed by atoms with Crippen molar-refractivity contribution in [2.45, 2.75) is 84.0 Å². The number of hydrogen-bond donors (Lipinski definition) is 1. The fraction of sp³-hybridized carbons (Fsp3) is 0.750. The summed E-state index contributed by atoms with van der Waals surface area (Å²) in [6.45, 7) is 5.35. The smallest absolute Gasteiger partial charge is 0.283 e. The lowest BCUT2D eigenvalue weighted by atomic mass is 9.77. The van der Waals surface area contributed by atoms with Crippen LogP contribution >= 0.6 is 0 Å². The molecule has 3 rings (SSSR count). The van der Waals surface area contributed by atoms with E-state index in [1.807, 2.05) is 0 Å². The number of unbranched alkanes of at least 4 members (excludes halogenated alkanes) is 2. The summed E-state index contributed by atoms with van der Waals surface area (Å²) in [7, 11) is 0. The molecule has 0 radical (unpaired) electrons. The second-order valence-electron chi connectivity index (χ2n) is 9.61. The highest BCUT2D eigenvalue weighted by molar-refractivity contribution is 5.19. The van der Waals surface area contributed by atoms with Crippen LogP contribution in [0.5, 0.6) is 0 Å². The lowest BCUT2D eigenvalue weighted by molar-refractivity contribution is -0.427. The lowest BCUT2D eigenvalue weighted by Crippen LogP contribution is -2.53. The zero-order valence-corrected chi connectivity index (χ0v) is 18.2. The first-order chi connectivity index (χ1) is 14.2. The zero-order chi connectivity index (χ0) is 21.8. The van der Waals surface area contributed by atoms with Crippen molar-refractivity contribution in [1.82, 2.24) is 0 Å². The fourth-order valence-corrected chi connectivity index (χ4v) is 4.76. The minimum absolute atomic E-state index is 0.0433. The van der Waals surface area contributed by atoms with Gasteiger partial charge in [-0.25, -0.2) is 13.2 Å². The first kappa shape index (κ1) is 23.6. The maximum Gasteiger partial charge on any atom is 0.283 e. The van der Waals surface area contributed by atoms with Gasteiger partial charge in [0.25, 0.3) is 5.97 Å². The number of benzene rings is 1. The molecule has 1 aromatic carbocycles. The summed E-state index contributed by atoms with van der Waals surface area (Å²) in [5, 5.41) is 10.9. The Kier molecular flexibility index (Phi) is 7.86. The van der Waals surface area contributed by atoms with Crippen molar-refractivity contribution in [2.75, 3.05) is 13.2 Å². The molecule has 0 unspecified atom stereocenters. The van der Waals surface area contributed by atoms with Crippen LogP contribution in [0.4, 0.5) is 13.2 Å². The molecule has 3 nitrogen and oxygen atoms in total. The SMILES string of the molecule is CCCCCC1(C)COC(O)(C2CCC(CCc3cc(F)c(F)c(F)c3)CC2)OC1. The standard InChI is InChI=1S/C24H35F3O3/c1-3-4-5-12-23(2)15-29-24(28,30-16-23)19-10-8-17(9-11-19)6-7-18-13-20(25)22(27)21(26)14-18/h13-14,17,19,28H,3-12,15-16H2,1-2H3. The lowest BCUT2D eigenvalue weighted by Gasteiger charge is -2.46. The third kappa shape index (κ3) is 5.77. The molecule has 1 N–H and O–H groups in total. The van der Waals surface area contributed by atoms with Gasteiger partial charge in [-0.1, -0.05) is 33.1 Å². The molecule has 1 aromatic rings. The van der Waals surface area contributed by atoms with Gasteiger partial charge in [0.1, 0.15) is 0 Å². The molecule has 0 aromatic heterocycles. The van der Waals surface area contributed by atoms with Crippen LogP contribution in [0.1, 0.15) is 77.2 Å². The van der Waals surface area contributed by atoms with Gasteiger partial charge in [-0.3, -0.25) is 0 Å². The number of aliphatic hydroxyl groups is 1. The molecule has 2 aliphatic rings. The molecule has 6 heteroatoms. The highest BCUT2D eigenvalue weighted by Gasteiger charge is 2.47. The second-order valence-corrected chi connectivity index (χ2v) is 9.61. The Morgan fingerprint density at radius 2 is 1.60 bits per heavy atom. The highest BCUT2D eigenvalue weighted by Crippen LogP contribution is 2.43. The van der Waals surface area contributed by atoms with Gasteiger partial charge in [0.2, 0.25) is 0 Å². The van der Waals surface area contributed by atoms with Crippen LogP contribution in [0.3, 0.4) is 0 Å². The van der Waals surface area contributed by atoms with E-state index >= 15 is 0 Å². The number of aryl methyl sites for hydroxylation is 1. The van der Waals surface area contributed by atoms with Crippen molar-refractivity contribution < 1.29 is 27.8 Å². The number of hydrogen-bond acceptors (Lipinski definition) is 3. The Hall–Kier alpha value is -1.11. The largest absolute Gasteiger partial charge is 0.343 e.